The van der Waals surface area contributed by atoms with Crippen molar-refractivity contribution in [1.82, 2.24) is 9.78 Å². The maximum atomic E-state index is 5.69. The van der Waals surface area contributed by atoms with Crippen LogP contribution in [0.3, 0.4) is 0 Å². The van der Waals surface area contributed by atoms with Gasteiger partial charge in [0.2, 0.25) is 0 Å². The molecule has 16 heavy (non-hydrogen) atoms. The summed E-state index contributed by atoms with van der Waals surface area (Å²) in [7, 11) is 0. The summed E-state index contributed by atoms with van der Waals surface area (Å²) < 4.78 is 13.0. The minimum Gasteiger partial charge on any atom is -0.382 e. The molecule has 0 radical (unpaired) electrons. The average Bonchev–Trinajstić information content (AvgIpc) is 2.68. The van der Waals surface area contributed by atoms with Crippen LogP contribution in [0.2, 0.25) is 0 Å². The van der Waals surface area contributed by atoms with Gasteiger partial charge in [0, 0.05) is 19.2 Å². The van der Waals surface area contributed by atoms with Crippen LogP contribution in [-0.2, 0) is 22.6 Å². The number of aromatic nitrogens is 2. The molecule has 2 N–H and O–H groups in total. The monoisotopic (exact) mass is 225 g/mol. The van der Waals surface area contributed by atoms with Gasteiger partial charge in [-0.25, -0.2) is 0 Å². The van der Waals surface area contributed by atoms with Gasteiger partial charge in [0.15, 0.2) is 6.29 Å². The molecule has 2 rings (SSSR count). The van der Waals surface area contributed by atoms with Crippen molar-refractivity contribution in [3.8, 4) is 0 Å². The number of aryl methyl sites for hydroxylation is 1. The average molecular weight is 225 g/mol. The molecule has 0 saturated carbocycles. The summed E-state index contributed by atoms with van der Waals surface area (Å²) in [6.07, 6.45) is 3.24. The first kappa shape index (κ1) is 11.4. The minimum absolute atomic E-state index is 0.0600. The van der Waals surface area contributed by atoms with E-state index in [4.69, 9.17) is 15.2 Å². The van der Waals surface area contributed by atoms with Gasteiger partial charge in [0.1, 0.15) is 5.82 Å². The van der Waals surface area contributed by atoms with Gasteiger partial charge in [-0.3, -0.25) is 4.68 Å². The number of hydrogen-bond acceptors (Lipinski definition) is 4. The molecule has 1 atom stereocenters. The standard InChI is InChI=1S/C11H19N3O2/c1-2-14-9(7-10(12)13-14)8-16-11-5-3-4-6-15-11/h7,11H,2-6,8H2,1H3,(H2,12,13). The van der Waals surface area contributed by atoms with Crippen LogP contribution in [0.15, 0.2) is 6.07 Å². The highest BCUT2D eigenvalue weighted by atomic mass is 16.7. The van der Waals surface area contributed by atoms with Crippen molar-refractivity contribution in [2.24, 2.45) is 0 Å². The third-order valence-electron chi connectivity index (χ3n) is 2.74. The Morgan fingerprint density at radius 2 is 2.50 bits per heavy atom. The van der Waals surface area contributed by atoms with E-state index in [0.29, 0.717) is 12.4 Å². The molecular formula is C11H19N3O2. The Morgan fingerprint density at radius 1 is 1.62 bits per heavy atom. The zero-order chi connectivity index (χ0) is 11.4. The molecule has 90 valence electrons. The highest BCUT2D eigenvalue weighted by Crippen LogP contribution is 2.16. The fraction of sp³-hybridized carbons (Fsp3) is 0.727. The molecule has 5 heteroatoms. The third-order valence-corrected chi connectivity index (χ3v) is 2.74. The summed E-state index contributed by atoms with van der Waals surface area (Å²) in [6.45, 7) is 4.16. The van der Waals surface area contributed by atoms with Crippen LogP contribution in [0.5, 0.6) is 0 Å². The second kappa shape index (κ2) is 5.32. The van der Waals surface area contributed by atoms with Gasteiger partial charge in [-0.2, -0.15) is 5.10 Å². The number of nitrogens with zero attached hydrogens (tertiary/aromatic N) is 2. The molecule has 1 aromatic heterocycles. The fourth-order valence-electron chi connectivity index (χ4n) is 1.89. The zero-order valence-electron chi connectivity index (χ0n) is 9.69. The number of hydrogen-bond donors (Lipinski definition) is 1. The molecular weight excluding hydrogens is 206 g/mol. The van der Waals surface area contributed by atoms with E-state index in [-0.39, 0.29) is 6.29 Å². The second-order valence-electron chi connectivity index (χ2n) is 3.98. The second-order valence-corrected chi connectivity index (χ2v) is 3.98. The molecule has 1 fully saturated rings. The lowest BCUT2D eigenvalue weighted by molar-refractivity contribution is -0.169. The predicted molar refractivity (Wildman–Crippen MR) is 60.7 cm³/mol. The molecule has 5 nitrogen and oxygen atoms in total. The first-order chi connectivity index (χ1) is 7.79. The molecule has 2 heterocycles. The lowest BCUT2D eigenvalue weighted by Crippen LogP contribution is -2.22. The number of anilines is 1. The van der Waals surface area contributed by atoms with E-state index in [1.165, 1.54) is 6.42 Å². The normalized spacial score (nSPS) is 21.2. The summed E-state index contributed by atoms with van der Waals surface area (Å²) in [5, 5.41) is 4.17. The summed E-state index contributed by atoms with van der Waals surface area (Å²) in [6, 6.07) is 1.85. The molecule has 0 spiro atoms. The van der Waals surface area contributed by atoms with Crippen LogP contribution >= 0.6 is 0 Å². The first-order valence-electron chi connectivity index (χ1n) is 5.85. The number of rotatable bonds is 4. The molecule has 0 bridgehead atoms. The number of nitrogen functional groups attached to an aromatic ring is 1. The summed E-state index contributed by atoms with van der Waals surface area (Å²) in [4.78, 5) is 0. The first-order valence-corrected chi connectivity index (χ1v) is 5.85. The Hall–Kier alpha value is -1.07. The van der Waals surface area contributed by atoms with E-state index in [9.17, 15) is 0 Å². The van der Waals surface area contributed by atoms with E-state index in [2.05, 4.69) is 5.10 Å². The molecule has 0 amide bonds. The molecule has 1 aliphatic heterocycles. The van der Waals surface area contributed by atoms with Crippen molar-refractivity contribution in [1.29, 1.82) is 0 Å². The van der Waals surface area contributed by atoms with Crippen LogP contribution in [0, 0.1) is 0 Å². The van der Waals surface area contributed by atoms with E-state index < -0.39 is 0 Å². The van der Waals surface area contributed by atoms with Crippen molar-refractivity contribution in [2.45, 2.75) is 45.6 Å². The van der Waals surface area contributed by atoms with Gasteiger partial charge in [-0.05, 0) is 26.2 Å². The topological polar surface area (TPSA) is 62.3 Å². The van der Waals surface area contributed by atoms with Crippen LogP contribution in [-0.4, -0.2) is 22.7 Å². The quantitative estimate of drug-likeness (QED) is 0.844. The van der Waals surface area contributed by atoms with Crippen molar-refractivity contribution in [3.63, 3.8) is 0 Å². The molecule has 0 aromatic carbocycles. The lowest BCUT2D eigenvalue weighted by Gasteiger charge is -2.22. The number of nitrogens with two attached hydrogens (primary N) is 1. The summed E-state index contributed by atoms with van der Waals surface area (Å²) in [5.41, 5.74) is 6.65. The Kier molecular flexibility index (Phi) is 3.79. The van der Waals surface area contributed by atoms with Gasteiger partial charge < -0.3 is 15.2 Å². The van der Waals surface area contributed by atoms with Gasteiger partial charge in [-0.1, -0.05) is 0 Å². The van der Waals surface area contributed by atoms with Gasteiger partial charge in [0.25, 0.3) is 0 Å². The van der Waals surface area contributed by atoms with Crippen LogP contribution < -0.4 is 5.73 Å². The molecule has 1 aromatic rings. The minimum atomic E-state index is -0.0600. The third kappa shape index (κ3) is 2.74. The summed E-state index contributed by atoms with van der Waals surface area (Å²) >= 11 is 0. The van der Waals surface area contributed by atoms with E-state index in [1.807, 2.05) is 17.7 Å². The Labute approximate surface area is 95.5 Å². The van der Waals surface area contributed by atoms with Crippen LogP contribution in [0.1, 0.15) is 31.9 Å². The van der Waals surface area contributed by atoms with Gasteiger partial charge in [0.05, 0.1) is 12.3 Å². The fourth-order valence-corrected chi connectivity index (χ4v) is 1.89. The SMILES string of the molecule is CCn1nc(N)cc1COC1CCCCO1. The van der Waals surface area contributed by atoms with Crippen LogP contribution in [0.25, 0.3) is 0 Å². The molecule has 1 unspecified atom stereocenters. The predicted octanol–water partition coefficient (Wildman–Crippen LogP) is 1.53. The highest BCUT2D eigenvalue weighted by Gasteiger charge is 2.15. The zero-order valence-corrected chi connectivity index (χ0v) is 9.69. The maximum Gasteiger partial charge on any atom is 0.158 e. The smallest absolute Gasteiger partial charge is 0.158 e. The van der Waals surface area contributed by atoms with E-state index >= 15 is 0 Å². The Balaban J connectivity index is 1.87. The van der Waals surface area contributed by atoms with E-state index in [1.54, 1.807) is 0 Å². The van der Waals surface area contributed by atoms with Crippen molar-refractivity contribution in [3.05, 3.63) is 11.8 Å². The molecule has 0 aliphatic carbocycles. The van der Waals surface area contributed by atoms with Crippen molar-refractivity contribution < 1.29 is 9.47 Å². The largest absolute Gasteiger partial charge is 0.382 e. The molecule has 1 saturated heterocycles. The van der Waals surface area contributed by atoms with Gasteiger partial charge in [-0.15, -0.1) is 0 Å². The Morgan fingerprint density at radius 3 is 3.19 bits per heavy atom. The molecule has 1 aliphatic rings. The van der Waals surface area contributed by atoms with Crippen molar-refractivity contribution in [2.75, 3.05) is 12.3 Å². The summed E-state index contributed by atoms with van der Waals surface area (Å²) in [5.74, 6) is 0.546. The maximum absolute atomic E-state index is 5.69. The van der Waals surface area contributed by atoms with E-state index in [0.717, 1.165) is 31.7 Å². The Bertz CT molecular complexity index is 332. The number of ether oxygens (including phenoxy) is 2. The van der Waals surface area contributed by atoms with Crippen molar-refractivity contribution >= 4 is 5.82 Å². The highest BCUT2D eigenvalue weighted by molar-refractivity contribution is 5.29. The van der Waals surface area contributed by atoms with Crippen LogP contribution in [0.4, 0.5) is 5.82 Å². The van der Waals surface area contributed by atoms with Gasteiger partial charge >= 0.3 is 0 Å². The lowest BCUT2D eigenvalue weighted by atomic mass is 10.2.